The van der Waals surface area contributed by atoms with Gasteiger partial charge in [-0.2, -0.15) is 0 Å². The van der Waals surface area contributed by atoms with Crippen molar-refractivity contribution >= 4 is 23.2 Å². The van der Waals surface area contributed by atoms with E-state index >= 15 is 0 Å². The maximum atomic E-state index is 12.3. The van der Waals surface area contributed by atoms with Crippen LogP contribution in [0.2, 0.25) is 0 Å². The topological polar surface area (TPSA) is 76.2 Å². The average molecular weight is 293 g/mol. The molecule has 0 radical (unpaired) electrons. The first-order chi connectivity index (χ1) is 10.7. The number of carbonyl (C=O) groups excluding carboxylic acids is 2. The minimum atomic E-state index is -0.624. The van der Waals surface area contributed by atoms with Crippen LogP contribution in [0, 0.1) is 0 Å². The fraction of sp³-hybridized carbons (Fsp3) is 0. The SMILES string of the molecule is O=Cc1ccc(OC(=O)c2cc(=O)[nH]c3ccccc23)cc1. The molecule has 0 atom stereocenters. The van der Waals surface area contributed by atoms with E-state index in [0.717, 1.165) is 0 Å². The number of aromatic nitrogens is 1. The van der Waals surface area contributed by atoms with Gasteiger partial charge in [0.2, 0.25) is 5.56 Å². The zero-order valence-electron chi connectivity index (χ0n) is 11.4. The van der Waals surface area contributed by atoms with E-state index < -0.39 is 5.97 Å². The third-order valence-corrected chi connectivity index (χ3v) is 3.20. The molecule has 3 rings (SSSR count). The number of benzene rings is 2. The molecular weight excluding hydrogens is 282 g/mol. The summed E-state index contributed by atoms with van der Waals surface area (Å²) in [6, 6.07) is 14.3. The first-order valence-corrected chi connectivity index (χ1v) is 6.57. The number of ether oxygens (including phenoxy) is 1. The summed E-state index contributed by atoms with van der Waals surface area (Å²) in [6.07, 6.45) is 0.704. The van der Waals surface area contributed by atoms with Crippen LogP contribution in [0.5, 0.6) is 5.75 Å². The van der Waals surface area contributed by atoms with Crippen LogP contribution in [0.3, 0.4) is 0 Å². The molecule has 0 aliphatic carbocycles. The number of rotatable bonds is 3. The summed E-state index contributed by atoms with van der Waals surface area (Å²) >= 11 is 0. The Labute approximate surface area is 125 Å². The number of hydrogen-bond acceptors (Lipinski definition) is 4. The zero-order valence-corrected chi connectivity index (χ0v) is 11.4. The van der Waals surface area contributed by atoms with Gasteiger partial charge >= 0.3 is 5.97 Å². The van der Waals surface area contributed by atoms with Gasteiger partial charge in [-0.1, -0.05) is 18.2 Å². The van der Waals surface area contributed by atoms with E-state index in [0.29, 0.717) is 28.5 Å². The van der Waals surface area contributed by atoms with E-state index in [1.807, 2.05) is 0 Å². The van der Waals surface area contributed by atoms with E-state index in [1.165, 1.54) is 18.2 Å². The first-order valence-electron chi connectivity index (χ1n) is 6.57. The lowest BCUT2D eigenvalue weighted by molar-refractivity contribution is 0.0736. The Balaban J connectivity index is 1.98. The molecule has 2 aromatic carbocycles. The molecule has 108 valence electrons. The fourth-order valence-corrected chi connectivity index (χ4v) is 2.15. The normalized spacial score (nSPS) is 10.4. The van der Waals surface area contributed by atoms with Crippen molar-refractivity contribution in [1.29, 1.82) is 0 Å². The van der Waals surface area contributed by atoms with Gasteiger partial charge in [-0.05, 0) is 30.3 Å². The van der Waals surface area contributed by atoms with Gasteiger partial charge in [0.15, 0.2) is 0 Å². The summed E-state index contributed by atoms with van der Waals surface area (Å²) in [5.41, 5.74) is 0.875. The maximum Gasteiger partial charge on any atom is 0.344 e. The second kappa shape index (κ2) is 5.65. The van der Waals surface area contributed by atoms with Crippen LogP contribution in [0.1, 0.15) is 20.7 Å². The summed E-state index contributed by atoms with van der Waals surface area (Å²) < 4.78 is 5.26. The van der Waals surface area contributed by atoms with Gasteiger partial charge in [-0.25, -0.2) is 4.79 Å². The molecule has 1 aromatic heterocycles. The van der Waals surface area contributed by atoms with Crippen molar-refractivity contribution in [2.45, 2.75) is 0 Å². The zero-order chi connectivity index (χ0) is 15.5. The lowest BCUT2D eigenvalue weighted by Gasteiger charge is -2.07. The summed E-state index contributed by atoms with van der Waals surface area (Å²) in [4.78, 5) is 37.2. The van der Waals surface area contributed by atoms with Gasteiger partial charge in [-0.15, -0.1) is 0 Å². The van der Waals surface area contributed by atoms with Crippen molar-refractivity contribution in [3.05, 3.63) is 76.1 Å². The Morgan fingerprint density at radius 2 is 1.77 bits per heavy atom. The predicted octanol–water partition coefficient (Wildman–Crippen LogP) is 2.56. The largest absolute Gasteiger partial charge is 0.423 e. The third-order valence-electron chi connectivity index (χ3n) is 3.20. The van der Waals surface area contributed by atoms with Crippen LogP contribution in [-0.4, -0.2) is 17.2 Å². The average Bonchev–Trinajstić information content (AvgIpc) is 2.54. The summed E-state index contributed by atoms with van der Waals surface area (Å²) in [5, 5.41) is 0.608. The molecule has 22 heavy (non-hydrogen) atoms. The van der Waals surface area contributed by atoms with Gasteiger partial charge in [0, 0.05) is 22.5 Å². The molecule has 0 amide bonds. The van der Waals surface area contributed by atoms with Crippen LogP contribution in [0.25, 0.3) is 10.9 Å². The van der Waals surface area contributed by atoms with Crippen LogP contribution in [0.15, 0.2) is 59.4 Å². The van der Waals surface area contributed by atoms with Crippen molar-refractivity contribution in [2.24, 2.45) is 0 Å². The molecule has 0 saturated carbocycles. The highest BCUT2D eigenvalue weighted by Crippen LogP contribution is 2.18. The molecule has 0 saturated heterocycles. The Morgan fingerprint density at radius 3 is 2.50 bits per heavy atom. The molecular formula is C17H11NO4. The Hall–Kier alpha value is -3.21. The number of esters is 1. The molecule has 1 heterocycles. The summed E-state index contributed by atoms with van der Waals surface area (Å²) in [7, 11) is 0. The number of H-pyrrole nitrogens is 1. The number of pyridine rings is 1. The van der Waals surface area contributed by atoms with Gasteiger partial charge in [0.25, 0.3) is 0 Å². The Kier molecular flexibility index (Phi) is 3.53. The minimum absolute atomic E-state index is 0.193. The lowest BCUT2D eigenvalue weighted by Crippen LogP contribution is -2.14. The monoisotopic (exact) mass is 293 g/mol. The van der Waals surface area contributed by atoms with Gasteiger partial charge < -0.3 is 9.72 Å². The Morgan fingerprint density at radius 1 is 1.05 bits per heavy atom. The third kappa shape index (κ3) is 2.64. The second-order valence-corrected chi connectivity index (χ2v) is 4.67. The van der Waals surface area contributed by atoms with Crippen molar-refractivity contribution in [1.82, 2.24) is 4.98 Å². The number of aldehydes is 1. The number of fused-ring (bicyclic) bond motifs is 1. The quantitative estimate of drug-likeness (QED) is 0.457. The van der Waals surface area contributed by atoms with Gasteiger partial charge in [0.05, 0.1) is 5.56 Å². The number of para-hydroxylation sites is 1. The maximum absolute atomic E-state index is 12.3. The van der Waals surface area contributed by atoms with Crippen LogP contribution < -0.4 is 10.3 Å². The van der Waals surface area contributed by atoms with Crippen molar-refractivity contribution in [3.63, 3.8) is 0 Å². The Bertz CT molecular complexity index is 910. The van der Waals surface area contributed by atoms with E-state index in [-0.39, 0.29) is 11.1 Å². The van der Waals surface area contributed by atoms with Crippen LogP contribution in [0.4, 0.5) is 0 Å². The van der Waals surface area contributed by atoms with Crippen molar-refractivity contribution < 1.29 is 14.3 Å². The minimum Gasteiger partial charge on any atom is -0.423 e. The second-order valence-electron chi connectivity index (χ2n) is 4.67. The number of nitrogens with one attached hydrogen (secondary N) is 1. The van der Waals surface area contributed by atoms with Crippen LogP contribution >= 0.6 is 0 Å². The van der Waals surface area contributed by atoms with E-state index in [4.69, 9.17) is 4.74 Å². The van der Waals surface area contributed by atoms with Crippen molar-refractivity contribution in [2.75, 3.05) is 0 Å². The van der Waals surface area contributed by atoms with Gasteiger partial charge in [-0.3, -0.25) is 9.59 Å². The highest BCUT2D eigenvalue weighted by Gasteiger charge is 2.14. The van der Waals surface area contributed by atoms with E-state index in [2.05, 4.69) is 4.98 Å². The molecule has 0 fully saturated rings. The predicted molar refractivity (Wildman–Crippen MR) is 81.4 cm³/mol. The number of aromatic amines is 1. The molecule has 5 nitrogen and oxygen atoms in total. The van der Waals surface area contributed by atoms with Gasteiger partial charge in [0.1, 0.15) is 12.0 Å². The lowest BCUT2D eigenvalue weighted by atomic mass is 10.1. The van der Waals surface area contributed by atoms with Crippen LogP contribution in [-0.2, 0) is 0 Å². The highest BCUT2D eigenvalue weighted by molar-refractivity contribution is 6.04. The molecule has 3 aromatic rings. The molecule has 0 unspecified atom stereocenters. The van der Waals surface area contributed by atoms with Crippen molar-refractivity contribution in [3.8, 4) is 5.75 Å². The summed E-state index contributed by atoms with van der Waals surface area (Å²) in [5.74, 6) is -0.318. The number of carbonyl (C=O) groups is 2. The molecule has 1 N–H and O–H groups in total. The molecule has 0 bridgehead atoms. The fourth-order valence-electron chi connectivity index (χ4n) is 2.15. The number of hydrogen-bond donors (Lipinski definition) is 1. The summed E-state index contributed by atoms with van der Waals surface area (Å²) in [6.45, 7) is 0. The highest BCUT2D eigenvalue weighted by atomic mass is 16.5. The first kappa shape index (κ1) is 13.8. The molecule has 0 aliphatic rings. The smallest absolute Gasteiger partial charge is 0.344 e. The molecule has 0 spiro atoms. The molecule has 5 heteroatoms. The standard InChI is InChI=1S/C17H11NO4/c19-10-11-5-7-12(8-6-11)22-17(21)14-9-16(20)18-15-4-2-1-3-13(14)15/h1-10H,(H,18,20). The molecule has 0 aliphatic heterocycles. The van der Waals surface area contributed by atoms with E-state index in [1.54, 1.807) is 36.4 Å². The van der Waals surface area contributed by atoms with E-state index in [9.17, 15) is 14.4 Å².